The molecule has 0 aromatic rings. The van der Waals surface area contributed by atoms with Gasteiger partial charge in [0.25, 0.3) is 5.91 Å². The molecule has 1 amide bonds. The minimum Gasteiger partial charge on any atom is -0.335 e. The van der Waals surface area contributed by atoms with Gasteiger partial charge in [-0.2, -0.15) is 5.26 Å². The maximum absolute atomic E-state index is 12.0. The second-order valence-corrected chi connectivity index (χ2v) is 4.89. The Morgan fingerprint density at radius 1 is 1.53 bits per heavy atom. The number of nitriles is 1. The number of thioether (sulfide) groups is 1. The molecule has 0 aromatic heterocycles. The first-order valence-electron chi connectivity index (χ1n) is 6.01. The summed E-state index contributed by atoms with van der Waals surface area (Å²) < 4.78 is 0. The van der Waals surface area contributed by atoms with Crippen LogP contribution < -0.4 is 5.32 Å². The fourth-order valence-corrected chi connectivity index (χ4v) is 2.43. The van der Waals surface area contributed by atoms with E-state index in [-0.39, 0.29) is 11.5 Å². The predicted molar refractivity (Wildman–Crippen MR) is 70.5 cm³/mol. The van der Waals surface area contributed by atoms with E-state index < -0.39 is 0 Å². The summed E-state index contributed by atoms with van der Waals surface area (Å²) in [6.45, 7) is 5.14. The maximum atomic E-state index is 12.0. The van der Waals surface area contributed by atoms with Crippen molar-refractivity contribution in [3.63, 3.8) is 0 Å². The predicted octanol–water partition coefficient (Wildman–Crippen LogP) is 1.36. The molecule has 0 aliphatic carbocycles. The van der Waals surface area contributed by atoms with Crippen LogP contribution >= 0.6 is 11.8 Å². The second-order valence-electron chi connectivity index (χ2n) is 3.91. The Hall–Kier alpha value is -0.990. The first kappa shape index (κ1) is 14.1. The van der Waals surface area contributed by atoms with E-state index in [1.165, 1.54) is 0 Å². The van der Waals surface area contributed by atoms with Crippen molar-refractivity contribution < 1.29 is 4.79 Å². The van der Waals surface area contributed by atoms with Gasteiger partial charge in [0.1, 0.15) is 11.6 Å². The number of carbonyl (C=O) groups is 1. The number of piperazine rings is 1. The van der Waals surface area contributed by atoms with Crippen LogP contribution in [0.4, 0.5) is 0 Å². The van der Waals surface area contributed by atoms with Gasteiger partial charge in [-0.25, -0.2) is 0 Å². The number of nitrogens with one attached hydrogen (secondary N) is 1. The average molecular weight is 253 g/mol. The van der Waals surface area contributed by atoms with E-state index in [1.807, 2.05) is 6.07 Å². The molecule has 0 radical (unpaired) electrons. The number of unbranched alkanes of at least 4 members (excludes halogenated alkanes) is 1. The summed E-state index contributed by atoms with van der Waals surface area (Å²) in [5.74, 6) is 0.842. The van der Waals surface area contributed by atoms with Gasteiger partial charge in [0, 0.05) is 26.2 Å². The first-order valence-corrected chi connectivity index (χ1v) is 7.06. The summed E-state index contributed by atoms with van der Waals surface area (Å²) >= 11 is 1.56. The monoisotopic (exact) mass is 253 g/mol. The molecule has 1 heterocycles. The van der Waals surface area contributed by atoms with Crippen LogP contribution in [0, 0.1) is 11.3 Å². The van der Waals surface area contributed by atoms with E-state index in [2.05, 4.69) is 12.2 Å². The van der Waals surface area contributed by atoms with Crippen molar-refractivity contribution in [2.45, 2.75) is 19.8 Å². The lowest BCUT2D eigenvalue weighted by molar-refractivity contribution is -0.127. The molecule has 1 aliphatic heterocycles. The molecule has 0 unspecified atom stereocenters. The Morgan fingerprint density at radius 3 is 2.82 bits per heavy atom. The smallest absolute Gasteiger partial charge is 0.265 e. The highest BCUT2D eigenvalue weighted by atomic mass is 32.2. The molecular weight excluding hydrogens is 234 g/mol. The fourth-order valence-electron chi connectivity index (χ4n) is 1.53. The molecule has 0 atom stereocenters. The van der Waals surface area contributed by atoms with Crippen LogP contribution in [0.2, 0.25) is 0 Å². The molecule has 94 valence electrons. The lowest BCUT2D eigenvalue weighted by Gasteiger charge is -2.27. The molecule has 0 bridgehead atoms. The first-order chi connectivity index (χ1) is 8.29. The number of carbonyl (C=O) groups excluding carboxylic acids is 1. The highest BCUT2D eigenvalue weighted by Crippen LogP contribution is 2.12. The Balaban J connectivity index is 2.48. The molecule has 4 nitrogen and oxygen atoms in total. The molecule has 1 aliphatic rings. The summed E-state index contributed by atoms with van der Waals surface area (Å²) in [6.07, 6.45) is 2.25. The zero-order valence-corrected chi connectivity index (χ0v) is 11.1. The molecule has 1 N–H and O–H groups in total. The van der Waals surface area contributed by atoms with Gasteiger partial charge in [-0.1, -0.05) is 13.3 Å². The number of rotatable bonds is 5. The van der Waals surface area contributed by atoms with Gasteiger partial charge in [0.2, 0.25) is 0 Å². The molecule has 17 heavy (non-hydrogen) atoms. The van der Waals surface area contributed by atoms with Gasteiger partial charge in [-0.05, 0) is 17.6 Å². The second kappa shape index (κ2) is 8.15. The molecular formula is C12H19N3OS. The zero-order chi connectivity index (χ0) is 12.5. The van der Waals surface area contributed by atoms with E-state index in [4.69, 9.17) is 5.26 Å². The highest BCUT2D eigenvalue weighted by molar-refractivity contribution is 8.02. The summed E-state index contributed by atoms with van der Waals surface area (Å²) in [4.78, 5) is 13.7. The lowest BCUT2D eigenvalue weighted by Crippen LogP contribution is -2.46. The van der Waals surface area contributed by atoms with E-state index in [1.54, 1.807) is 22.1 Å². The third kappa shape index (κ3) is 4.80. The van der Waals surface area contributed by atoms with Crippen molar-refractivity contribution in [3.8, 4) is 6.07 Å². The Morgan fingerprint density at radius 2 is 2.24 bits per heavy atom. The Kier molecular flexibility index (Phi) is 6.75. The summed E-state index contributed by atoms with van der Waals surface area (Å²) in [6, 6.07) is 2.00. The van der Waals surface area contributed by atoms with Gasteiger partial charge in [-0.15, -0.1) is 11.8 Å². The van der Waals surface area contributed by atoms with Crippen molar-refractivity contribution in [2.75, 3.05) is 31.9 Å². The Labute approximate surface area is 107 Å². The SMILES string of the molecule is CCCCSC=C(C#N)C(=O)N1CCNCC1. The van der Waals surface area contributed by atoms with Crippen LogP contribution in [0.1, 0.15) is 19.8 Å². The minimum absolute atomic E-state index is 0.127. The summed E-state index contributed by atoms with van der Waals surface area (Å²) in [7, 11) is 0. The molecule has 1 rings (SSSR count). The van der Waals surface area contributed by atoms with Crippen molar-refractivity contribution in [2.24, 2.45) is 0 Å². The highest BCUT2D eigenvalue weighted by Gasteiger charge is 2.19. The quantitative estimate of drug-likeness (QED) is 0.456. The van der Waals surface area contributed by atoms with Crippen LogP contribution in [0.15, 0.2) is 11.0 Å². The van der Waals surface area contributed by atoms with E-state index in [0.717, 1.165) is 31.7 Å². The molecule has 5 heteroatoms. The fraction of sp³-hybridized carbons (Fsp3) is 0.667. The molecule has 1 fully saturated rings. The van der Waals surface area contributed by atoms with E-state index in [9.17, 15) is 4.79 Å². The van der Waals surface area contributed by atoms with Crippen molar-refractivity contribution >= 4 is 17.7 Å². The standard InChI is InChI=1S/C12H19N3OS/c1-2-3-8-17-10-11(9-13)12(16)15-6-4-14-5-7-15/h10,14H,2-8H2,1H3. The molecule has 0 saturated carbocycles. The van der Waals surface area contributed by atoms with Crippen LogP contribution in [0.25, 0.3) is 0 Å². The average Bonchev–Trinajstić information content (AvgIpc) is 2.39. The Bertz CT molecular complexity index is 316. The van der Waals surface area contributed by atoms with Gasteiger partial charge >= 0.3 is 0 Å². The molecule has 0 spiro atoms. The van der Waals surface area contributed by atoms with Crippen molar-refractivity contribution in [3.05, 3.63) is 11.0 Å². The van der Waals surface area contributed by atoms with Crippen LogP contribution in [-0.4, -0.2) is 42.7 Å². The third-order valence-corrected chi connectivity index (χ3v) is 3.50. The molecule has 1 saturated heterocycles. The van der Waals surface area contributed by atoms with Crippen LogP contribution in [0.5, 0.6) is 0 Å². The number of amides is 1. The molecule has 0 aromatic carbocycles. The summed E-state index contributed by atoms with van der Waals surface area (Å²) in [5, 5.41) is 13.9. The van der Waals surface area contributed by atoms with Crippen molar-refractivity contribution in [1.82, 2.24) is 10.2 Å². The van der Waals surface area contributed by atoms with Gasteiger partial charge in [0.05, 0.1) is 0 Å². The largest absolute Gasteiger partial charge is 0.335 e. The lowest BCUT2D eigenvalue weighted by atomic mass is 10.2. The summed E-state index contributed by atoms with van der Waals surface area (Å²) in [5.41, 5.74) is 0.271. The third-order valence-electron chi connectivity index (χ3n) is 2.57. The van der Waals surface area contributed by atoms with Crippen LogP contribution in [0.3, 0.4) is 0 Å². The van der Waals surface area contributed by atoms with Gasteiger partial charge < -0.3 is 10.2 Å². The van der Waals surface area contributed by atoms with Gasteiger partial charge in [0.15, 0.2) is 0 Å². The normalized spacial score (nSPS) is 16.7. The zero-order valence-electron chi connectivity index (χ0n) is 10.2. The number of nitrogens with zero attached hydrogens (tertiary/aromatic N) is 2. The van der Waals surface area contributed by atoms with Crippen molar-refractivity contribution in [1.29, 1.82) is 5.26 Å². The van der Waals surface area contributed by atoms with Gasteiger partial charge in [-0.3, -0.25) is 4.79 Å². The topological polar surface area (TPSA) is 56.1 Å². The minimum atomic E-state index is -0.127. The number of hydrogen-bond donors (Lipinski definition) is 1. The van der Waals surface area contributed by atoms with E-state index in [0.29, 0.717) is 13.1 Å². The maximum Gasteiger partial charge on any atom is 0.265 e. The van der Waals surface area contributed by atoms with Crippen LogP contribution in [-0.2, 0) is 4.79 Å². The van der Waals surface area contributed by atoms with E-state index >= 15 is 0 Å². The number of hydrogen-bond acceptors (Lipinski definition) is 4.